The average molecular weight is 447 g/mol. The third-order valence-electron chi connectivity index (χ3n) is 4.29. The van der Waals surface area contributed by atoms with Gasteiger partial charge in [-0.15, -0.1) is 10.2 Å². The van der Waals surface area contributed by atoms with Crippen LogP contribution in [0.15, 0.2) is 47.6 Å². The summed E-state index contributed by atoms with van der Waals surface area (Å²) in [4.78, 5) is 12.3. The van der Waals surface area contributed by atoms with Gasteiger partial charge in [0.1, 0.15) is 18.1 Å². The summed E-state index contributed by atoms with van der Waals surface area (Å²) < 4.78 is 12.9. The number of nitrogens with zero attached hydrogens (tertiary/aromatic N) is 3. The predicted octanol–water partition coefficient (Wildman–Crippen LogP) is 4.58. The molecule has 1 aromatic heterocycles. The van der Waals surface area contributed by atoms with Crippen molar-refractivity contribution in [1.82, 2.24) is 14.8 Å². The van der Waals surface area contributed by atoms with Crippen LogP contribution in [0.25, 0.3) is 0 Å². The van der Waals surface area contributed by atoms with E-state index >= 15 is 0 Å². The molecule has 0 aliphatic carbocycles. The molecule has 0 aliphatic rings. The molecule has 0 radical (unpaired) electrons. The topological polar surface area (TPSA) is 78.3 Å². The molecule has 9 heteroatoms. The lowest BCUT2D eigenvalue weighted by molar-refractivity contribution is -0.113. The molecule has 0 aliphatic heterocycles. The molecule has 30 heavy (non-hydrogen) atoms. The van der Waals surface area contributed by atoms with E-state index in [2.05, 4.69) is 15.5 Å². The number of ether oxygens (including phenoxy) is 2. The van der Waals surface area contributed by atoms with Crippen LogP contribution in [0.5, 0.6) is 11.5 Å². The summed E-state index contributed by atoms with van der Waals surface area (Å²) in [5.74, 6) is 2.18. The van der Waals surface area contributed by atoms with Gasteiger partial charge in [0, 0.05) is 23.3 Å². The first-order valence-corrected chi connectivity index (χ1v) is 10.7. The molecular formula is C21H23ClN4O3S. The van der Waals surface area contributed by atoms with Crippen molar-refractivity contribution in [2.75, 3.05) is 18.2 Å². The van der Waals surface area contributed by atoms with Crippen LogP contribution in [0.1, 0.15) is 18.3 Å². The number of carbonyl (C=O) groups is 1. The third-order valence-corrected chi connectivity index (χ3v) is 5.68. The van der Waals surface area contributed by atoms with E-state index < -0.39 is 0 Å². The fourth-order valence-corrected chi connectivity index (χ4v) is 3.67. The first-order valence-electron chi connectivity index (χ1n) is 9.38. The summed E-state index contributed by atoms with van der Waals surface area (Å²) in [5.41, 5.74) is 1.63. The number of methoxy groups -OCH3 is 1. The Balaban J connectivity index is 1.58. The molecule has 158 valence electrons. The lowest BCUT2D eigenvalue weighted by Gasteiger charge is -2.10. The van der Waals surface area contributed by atoms with Crippen LogP contribution in [0, 0.1) is 6.92 Å². The van der Waals surface area contributed by atoms with Crippen LogP contribution in [0.4, 0.5) is 5.69 Å². The molecule has 7 nitrogen and oxygen atoms in total. The van der Waals surface area contributed by atoms with Crippen LogP contribution >= 0.6 is 23.4 Å². The van der Waals surface area contributed by atoms with Crippen molar-refractivity contribution in [3.63, 3.8) is 0 Å². The Morgan fingerprint density at radius 3 is 2.77 bits per heavy atom. The summed E-state index contributed by atoms with van der Waals surface area (Å²) in [6.07, 6.45) is 0. The van der Waals surface area contributed by atoms with Crippen molar-refractivity contribution in [3.8, 4) is 11.5 Å². The molecule has 3 aromatic rings. The maximum absolute atomic E-state index is 12.3. The Bertz CT molecular complexity index is 1030. The number of rotatable bonds is 9. The third kappa shape index (κ3) is 5.67. The molecule has 2 aromatic carbocycles. The smallest absolute Gasteiger partial charge is 0.234 e. The fraction of sp³-hybridized carbons (Fsp3) is 0.286. The number of halogens is 1. The van der Waals surface area contributed by atoms with E-state index in [9.17, 15) is 4.79 Å². The van der Waals surface area contributed by atoms with Gasteiger partial charge < -0.3 is 19.4 Å². The second kappa shape index (κ2) is 10.4. The zero-order valence-corrected chi connectivity index (χ0v) is 18.6. The molecule has 0 spiro atoms. The molecule has 0 unspecified atom stereocenters. The van der Waals surface area contributed by atoms with E-state index in [4.69, 9.17) is 21.1 Å². The first kappa shape index (κ1) is 22.0. The van der Waals surface area contributed by atoms with Crippen LogP contribution in [0.3, 0.4) is 0 Å². The summed E-state index contributed by atoms with van der Waals surface area (Å²) in [6.45, 7) is 4.87. The van der Waals surface area contributed by atoms with Crippen molar-refractivity contribution in [1.29, 1.82) is 0 Å². The summed E-state index contributed by atoms with van der Waals surface area (Å²) >= 11 is 7.38. The molecule has 0 saturated carbocycles. The molecule has 0 fully saturated rings. The number of anilines is 1. The molecule has 3 rings (SSSR count). The van der Waals surface area contributed by atoms with E-state index in [0.29, 0.717) is 34.0 Å². The normalized spacial score (nSPS) is 10.7. The maximum Gasteiger partial charge on any atom is 0.234 e. The van der Waals surface area contributed by atoms with Gasteiger partial charge in [-0.1, -0.05) is 29.4 Å². The number of hydrogen-bond donors (Lipinski definition) is 1. The SMILES string of the molecule is CCn1c(COc2ccc(Cl)c(C)c2)nnc1SCC(=O)Nc1cccc(OC)c1. The van der Waals surface area contributed by atoms with Crippen molar-refractivity contribution >= 4 is 35.0 Å². The maximum atomic E-state index is 12.3. The molecule has 1 amide bonds. The van der Waals surface area contributed by atoms with Crippen molar-refractivity contribution in [2.45, 2.75) is 32.2 Å². The Morgan fingerprint density at radius 1 is 1.20 bits per heavy atom. The summed E-state index contributed by atoms with van der Waals surface area (Å²) in [5, 5.41) is 12.7. The van der Waals surface area contributed by atoms with Gasteiger partial charge in [-0.2, -0.15) is 0 Å². The van der Waals surface area contributed by atoms with Crippen molar-refractivity contribution < 1.29 is 14.3 Å². The van der Waals surface area contributed by atoms with E-state index in [1.807, 2.05) is 48.7 Å². The van der Waals surface area contributed by atoms with Crippen molar-refractivity contribution in [3.05, 3.63) is 58.9 Å². The van der Waals surface area contributed by atoms with Crippen LogP contribution in [-0.4, -0.2) is 33.5 Å². The Labute approximate surface area is 184 Å². The zero-order valence-electron chi connectivity index (χ0n) is 17.0. The van der Waals surface area contributed by atoms with Crippen LogP contribution in [-0.2, 0) is 17.9 Å². The van der Waals surface area contributed by atoms with E-state index in [-0.39, 0.29) is 18.3 Å². The minimum Gasteiger partial charge on any atom is -0.497 e. The van der Waals surface area contributed by atoms with Crippen LogP contribution < -0.4 is 14.8 Å². The number of carbonyl (C=O) groups excluding carboxylic acids is 1. The van der Waals surface area contributed by atoms with E-state index in [1.165, 1.54) is 11.8 Å². The number of aromatic nitrogens is 3. The van der Waals surface area contributed by atoms with Crippen LogP contribution in [0.2, 0.25) is 5.02 Å². The summed E-state index contributed by atoms with van der Waals surface area (Å²) in [6, 6.07) is 12.7. The highest BCUT2D eigenvalue weighted by Crippen LogP contribution is 2.23. The monoisotopic (exact) mass is 446 g/mol. The Morgan fingerprint density at radius 2 is 2.03 bits per heavy atom. The largest absolute Gasteiger partial charge is 0.497 e. The Hall–Kier alpha value is -2.71. The number of hydrogen-bond acceptors (Lipinski definition) is 6. The predicted molar refractivity (Wildman–Crippen MR) is 119 cm³/mol. The van der Waals surface area contributed by atoms with Crippen molar-refractivity contribution in [2.24, 2.45) is 0 Å². The van der Waals surface area contributed by atoms with E-state index in [1.54, 1.807) is 19.2 Å². The van der Waals surface area contributed by atoms with Gasteiger partial charge in [0.15, 0.2) is 11.0 Å². The number of amides is 1. The van der Waals surface area contributed by atoms with Gasteiger partial charge in [0.05, 0.1) is 12.9 Å². The minimum atomic E-state index is -0.131. The van der Waals surface area contributed by atoms with Gasteiger partial charge in [0.2, 0.25) is 5.91 Å². The lowest BCUT2D eigenvalue weighted by Crippen LogP contribution is -2.15. The molecular weight excluding hydrogens is 424 g/mol. The fourth-order valence-electron chi connectivity index (χ4n) is 2.73. The highest BCUT2D eigenvalue weighted by molar-refractivity contribution is 7.99. The van der Waals surface area contributed by atoms with Gasteiger partial charge in [-0.3, -0.25) is 4.79 Å². The van der Waals surface area contributed by atoms with Gasteiger partial charge >= 0.3 is 0 Å². The highest BCUT2D eigenvalue weighted by Gasteiger charge is 2.14. The van der Waals surface area contributed by atoms with Gasteiger partial charge in [-0.05, 0) is 49.7 Å². The first-order chi connectivity index (χ1) is 14.5. The number of aryl methyl sites for hydroxylation is 1. The number of thioether (sulfide) groups is 1. The molecule has 1 N–H and O–H groups in total. The molecule has 0 bridgehead atoms. The molecule has 0 saturated heterocycles. The number of benzene rings is 2. The minimum absolute atomic E-state index is 0.131. The van der Waals surface area contributed by atoms with E-state index in [0.717, 1.165) is 11.3 Å². The molecule has 0 atom stereocenters. The zero-order chi connectivity index (χ0) is 21.5. The molecule has 1 heterocycles. The summed E-state index contributed by atoms with van der Waals surface area (Å²) in [7, 11) is 1.59. The quantitative estimate of drug-likeness (QED) is 0.485. The standard InChI is InChI=1S/C21H23ClN4O3S/c1-4-26-19(12-29-17-8-9-18(22)14(2)10-17)24-25-21(26)30-13-20(27)23-15-6-5-7-16(11-15)28-3/h5-11H,4,12-13H2,1-3H3,(H,23,27). The second-order valence-corrected chi connectivity index (χ2v) is 7.76. The number of nitrogens with one attached hydrogen (secondary N) is 1. The second-order valence-electron chi connectivity index (χ2n) is 6.41. The average Bonchev–Trinajstić information content (AvgIpc) is 3.15. The Kier molecular flexibility index (Phi) is 7.59. The lowest BCUT2D eigenvalue weighted by atomic mass is 10.2. The van der Waals surface area contributed by atoms with Gasteiger partial charge in [-0.25, -0.2) is 0 Å². The highest BCUT2D eigenvalue weighted by atomic mass is 35.5. The van der Waals surface area contributed by atoms with Gasteiger partial charge in [0.25, 0.3) is 0 Å².